The molecule has 0 aliphatic rings. The number of benzene rings is 2. The van der Waals surface area contributed by atoms with Gasteiger partial charge < -0.3 is 19.7 Å². The van der Waals surface area contributed by atoms with Crippen molar-refractivity contribution in [1.29, 1.82) is 0 Å². The van der Waals surface area contributed by atoms with E-state index < -0.39 is 0 Å². The molecule has 0 fully saturated rings. The maximum atomic E-state index is 12.4. The van der Waals surface area contributed by atoms with Crippen molar-refractivity contribution in [1.82, 2.24) is 0 Å². The van der Waals surface area contributed by atoms with Gasteiger partial charge in [0.2, 0.25) is 0 Å². The van der Waals surface area contributed by atoms with E-state index >= 15 is 0 Å². The average Bonchev–Trinajstić information content (AvgIpc) is 2.55. The Kier molecular flexibility index (Phi) is 5.34. The topological polar surface area (TPSA) is 50.8 Å². The first-order valence-electron chi connectivity index (χ1n) is 6.96. The molecular formula is C17H19ClN2O3. The van der Waals surface area contributed by atoms with Gasteiger partial charge in [-0.15, -0.1) is 0 Å². The molecule has 1 N–H and O–H groups in total. The number of hydrogen-bond acceptors (Lipinski definition) is 4. The number of nitrogens with one attached hydrogen (secondary N) is 1. The van der Waals surface area contributed by atoms with E-state index in [9.17, 15) is 4.79 Å². The summed E-state index contributed by atoms with van der Waals surface area (Å²) >= 11 is 6.11. The van der Waals surface area contributed by atoms with E-state index in [1.165, 1.54) is 14.2 Å². The zero-order chi connectivity index (χ0) is 17.0. The fourth-order valence-corrected chi connectivity index (χ4v) is 2.30. The highest BCUT2D eigenvalue weighted by atomic mass is 35.5. The molecule has 0 saturated carbocycles. The van der Waals surface area contributed by atoms with Gasteiger partial charge in [0.1, 0.15) is 11.5 Å². The average molecular weight is 335 g/mol. The standard InChI is InChI=1S/C17H19ClN2O3/c1-20(2)12-7-5-11(6-8-12)17(21)19-14-9-13(18)15(22-3)10-16(14)23-4/h5-10H,1-4H3,(H,19,21). The predicted molar refractivity (Wildman–Crippen MR) is 93.3 cm³/mol. The Balaban J connectivity index is 2.24. The number of hydrogen-bond donors (Lipinski definition) is 1. The fraction of sp³-hybridized carbons (Fsp3) is 0.235. The molecule has 0 atom stereocenters. The minimum atomic E-state index is -0.241. The molecule has 2 rings (SSSR count). The third kappa shape index (κ3) is 3.87. The molecule has 2 aromatic rings. The van der Waals surface area contributed by atoms with Crippen LogP contribution in [0.2, 0.25) is 5.02 Å². The van der Waals surface area contributed by atoms with Crippen LogP contribution in [0.5, 0.6) is 11.5 Å². The summed E-state index contributed by atoms with van der Waals surface area (Å²) in [6.07, 6.45) is 0. The van der Waals surface area contributed by atoms with Gasteiger partial charge in [-0.25, -0.2) is 0 Å². The minimum absolute atomic E-state index is 0.241. The third-order valence-electron chi connectivity index (χ3n) is 3.37. The molecule has 23 heavy (non-hydrogen) atoms. The van der Waals surface area contributed by atoms with Crippen molar-refractivity contribution in [2.45, 2.75) is 0 Å². The highest BCUT2D eigenvalue weighted by Crippen LogP contribution is 2.36. The normalized spacial score (nSPS) is 10.1. The molecule has 2 aromatic carbocycles. The van der Waals surface area contributed by atoms with Crippen LogP contribution in [0.3, 0.4) is 0 Å². The Morgan fingerprint density at radius 1 is 1.04 bits per heavy atom. The second-order valence-corrected chi connectivity index (χ2v) is 5.49. The van der Waals surface area contributed by atoms with Crippen molar-refractivity contribution in [3.63, 3.8) is 0 Å². The summed E-state index contributed by atoms with van der Waals surface area (Å²) in [5.41, 5.74) is 2.05. The van der Waals surface area contributed by atoms with Crippen LogP contribution in [0.15, 0.2) is 36.4 Å². The van der Waals surface area contributed by atoms with Crippen LogP contribution in [0.4, 0.5) is 11.4 Å². The second kappa shape index (κ2) is 7.24. The van der Waals surface area contributed by atoms with E-state index in [0.29, 0.717) is 27.8 Å². The number of methoxy groups -OCH3 is 2. The van der Waals surface area contributed by atoms with Gasteiger partial charge in [0.15, 0.2) is 0 Å². The Labute approximate surface area is 140 Å². The van der Waals surface area contributed by atoms with E-state index in [4.69, 9.17) is 21.1 Å². The molecule has 5 nitrogen and oxygen atoms in total. The summed E-state index contributed by atoms with van der Waals surface area (Å²) in [6, 6.07) is 10.5. The maximum Gasteiger partial charge on any atom is 0.255 e. The van der Waals surface area contributed by atoms with Crippen LogP contribution in [-0.2, 0) is 0 Å². The molecule has 0 aromatic heterocycles. The molecule has 0 unspecified atom stereocenters. The number of halogens is 1. The van der Waals surface area contributed by atoms with E-state index in [1.54, 1.807) is 24.3 Å². The van der Waals surface area contributed by atoms with E-state index in [1.807, 2.05) is 31.1 Å². The van der Waals surface area contributed by atoms with E-state index in [-0.39, 0.29) is 5.91 Å². The molecule has 0 spiro atoms. The minimum Gasteiger partial charge on any atom is -0.495 e. The summed E-state index contributed by atoms with van der Waals surface area (Å²) in [7, 11) is 6.92. The van der Waals surface area contributed by atoms with Crippen LogP contribution < -0.4 is 19.7 Å². The van der Waals surface area contributed by atoms with Crippen molar-refractivity contribution < 1.29 is 14.3 Å². The van der Waals surface area contributed by atoms with Crippen molar-refractivity contribution in [2.24, 2.45) is 0 Å². The largest absolute Gasteiger partial charge is 0.495 e. The summed E-state index contributed by atoms with van der Waals surface area (Å²) in [4.78, 5) is 14.3. The summed E-state index contributed by atoms with van der Waals surface area (Å²) < 4.78 is 10.4. The summed E-state index contributed by atoms with van der Waals surface area (Å²) in [5, 5.41) is 3.20. The number of carbonyl (C=O) groups excluding carboxylic acids is 1. The highest BCUT2D eigenvalue weighted by Gasteiger charge is 2.13. The Hall–Kier alpha value is -2.40. The van der Waals surface area contributed by atoms with Gasteiger partial charge in [0.05, 0.1) is 24.9 Å². The van der Waals surface area contributed by atoms with Crippen LogP contribution in [0.25, 0.3) is 0 Å². The number of nitrogens with zero attached hydrogens (tertiary/aromatic N) is 1. The van der Waals surface area contributed by atoms with Crippen molar-refractivity contribution in [3.05, 3.63) is 47.0 Å². The van der Waals surface area contributed by atoms with E-state index in [2.05, 4.69) is 5.32 Å². The van der Waals surface area contributed by atoms with Crippen LogP contribution in [0, 0.1) is 0 Å². The van der Waals surface area contributed by atoms with Gasteiger partial charge in [0.25, 0.3) is 5.91 Å². The number of ether oxygens (including phenoxy) is 2. The fourth-order valence-electron chi connectivity index (χ4n) is 2.06. The molecule has 0 aliphatic heterocycles. The van der Waals surface area contributed by atoms with Gasteiger partial charge in [-0.3, -0.25) is 4.79 Å². The summed E-state index contributed by atoms with van der Waals surface area (Å²) in [5.74, 6) is 0.719. The van der Waals surface area contributed by atoms with Crippen LogP contribution >= 0.6 is 11.6 Å². The number of anilines is 2. The van der Waals surface area contributed by atoms with E-state index in [0.717, 1.165) is 5.69 Å². The van der Waals surface area contributed by atoms with Crippen molar-refractivity contribution in [3.8, 4) is 11.5 Å². The first-order chi connectivity index (χ1) is 11.0. The molecule has 0 radical (unpaired) electrons. The summed E-state index contributed by atoms with van der Waals surface area (Å²) in [6.45, 7) is 0. The quantitative estimate of drug-likeness (QED) is 0.906. The Morgan fingerprint density at radius 2 is 1.65 bits per heavy atom. The third-order valence-corrected chi connectivity index (χ3v) is 3.66. The second-order valence-electron chi connectivity index (χ2n) is 5.08. The lowest BCUT2D eigenvalue weighted by molar-refractivity contribution is 0.102. The van der Waals surface area contributed by atoms with Gasteiger partial charge in [-0.2, -0.15) is 0 Å². The lowest BCUT2D eigenvalue weighted by Crippen LogP contribution is -2.13. The van der Waals surface area contributed by atoms with Gasteiger partial charge >= 0.3 is 0 Å². The first kappa shape index (κ1) is 17.0. The van der Waals surface area contributed by atoms with Crippen molar-refractivity contribution in [2.75, 3.05) is 38.5 Å². The van der Waals surface area contributed by atoms with Crippen LogP contribution in [-0.4, -0.2) is 34.2 Å². The highest BCUT2D eigenvalue weighted by molar-refractivity contribution is 6.32. The zero-order valence-corrected chi connectivity index (χ0v) is 14.3. The molecule has 122 valence electrons. The van der Waals surface area contributed by atoms with Gasteiger partial charge in [-0.1, -0.05) is 11.6 Å². The molecule has 0 bridgehead atoms. The van der Waals surface area contributed by atoms with Gasteiger partial charge in [0, 0.05) is 31.4 Å². The molecule has 0 saturated heterocycles. The van der Waals surface area contributed by atoms with Crippen LogP contribution in [0.1, 0.15) is 10.4 Å². The number of carbonyl (C=O) groups is 1. The molecule has 6 heteroatoms. The predicted octanol–water partition coefficient (Wildman–Crippen LogP) is 3.68. The molecule has 0 heterocycles. The number of rotatable bonds is 5. The Morgan fingerprint density at radius 3 is 2.17 bits per heavy atom. The SMILES string of the molecule is COc1cc(OC)c(NC(=O)c2ccc(N(C)C)cc2)cc1Cl. The molecular weight excluding hydrogens is 316 g/mol. The van der Waals surface area contributed by atoms with Crippen molar-refractivity contribution >= 4 is 28.9 Å². The zero-order valence-electron chi connectivity index (χ0n) is 13.5. The first-order valence-corrected chi connectivity index (χ1v) is 7.34. The van der Waals surface area contributed by atoms with Gasteiger partial charge in [-0.05, 0) is 30.3 Å². The Bertz CT molecular complexity index is 700. The smallest absolute Gasteiger partial charge is 0.255 e. The maximum absolute atomic E-state index is 12.4. The lowest BCUT2D eigenvalue weighted by atomic mass is 10.1. The monoisotopic (exact) mass is 334 g/mol. The number of amides is 1. The molecule has 0 aliphatic carbocycles. The molecule has 1 amide bonds. The lowest BCUT2D eigenvalue weighted by Gasteiger charge is -2.14.